The van der Waals surface area contributed by atoms with Crippen LogP contribution in [0.1, 0.15) is 30.9 Å². The van der Waals surface area contributed by atoms with E-state index in [4.69, 9.17) is 0 Å². The van der Waals surface area contributed by atoms with E-state index in [0.717, 1.165) is 16.7 Å². The molecular formula is C31H29N5O3S. The Morgan fingerprint density at radius 3 is 2.27 bits per heavy atom. The third-order valence-electron chi connectivity index (χ3n) is 6.77. The summed E-state index contributed by atoms with van der Waals surface area (Å²) in [5.74, 6) is -0.976. The Kier molecular flexibility index (Phi) is 8.31. The Bertz CT molecular complexity index is 1480. The van der Waals surface area contributed by atoms with Gasteiger partial charge in [-0.05, 0) is 31.0 Å². The summed E-state index contributed by atoms with van der Waals surface area (Å²) in [6, 6.07) is 25.3. The molecule has 1 saturated heterocycles. The first kappa shape index (κ1) is 27.2. The van der Waals surface area contributed by atoms with Gasteiger partial charge in [-0.2, -0.15) is 0 Å². The highest BCUT2D eigenvalue weighted by Gasteiger charge is 2.45. The summed E-state index contributed by atoms with van der Waals surface area (Å²) in [4.78, 5) is 47.8. The van der Waals surface area contributed by atoms with Gasteiger partial charge in [0, 0.05) is 12.1 Å². The number of anilines is 1. The van der Waals surface area contributed by atoms with Gasteiger partial charge in [0.2, 0.25) is 17.0 Å². The first-order valence-electron chi connectivity index (χ1n) is 13.1. The van der Waals surface area contributed by atoms with Crippen molar-refractivity contribution in [2.24, 2.45) is 0 Å². The van der Waals surface area contributed by atoms with Crippen molar-refractivity contribution < 1.29 is 14.4 Å². The van der Waals surface area contributed by atoms with E-state index in [1.54, 1.807) is 30.5 Å². The van der Waals surface area contributed by atoms with Crippen molar-refractivity contribution in [1.29, 1.82) is 0 Å². The Labute approximate surface area is 237 Å². The molecule has 2 unspecified atom stereocenters. The van der Waals surface area contributed by atoms with Gasteiger partial charge in [-0.15, -0.1) is 10.2 Å². The molecule has 3 aromatic carbocycles. The van der Waals surface area contributed by atoms with Crippen LogP contribution in [-0.4, -0.2) is 49.1 Å². The van der Waals surface area contributed by atoms with E-state index in [2.05, 4.69) is 15.2 Å². The number of hydrogen-bond donors (Lipinski definition) is 0. The van der Waals surface area contributed by atoms with E-state index >= 15 is 0 Å². The Morgan fingerprint density at radius 2 is 1.65 bits per heavy atom. The van der Waals surface area contributed by atoms with E-state index in [0.29, 0.717) is 23.0 Å². The Balaban J connectivity index is 1.39. The molecule has 1 aliphatic heterocycles. The second-order valence-corrected chi connectivity index (χ2v) is 10.8. The molecule has 3 amide bonds. The van der Waals surface area contributed by atoms with Crippen molar-refractivity contribution in [2.75, 3.05) is 4.90 Å². The van der Waals surface area contributed by atoms with Crippen molar-refractivity contribution in [3.63, 3.8) is 0 Å². The van der Waals surface area contributed by atoms with E-state index < -0.39 is 17.2 Å². The number of thioether (sulfide) groups is 1. The van der Waals surface area contributed by atoms with Crippen LogP contribution in [0.3, 0.4) is 0 Å². The molecule has 1 fully saturated rings. The second-order valence-electron chi connectivity index (χ2n) is 9.58. The summed E-state index contributed by atoms with van der Waals surface area (Å²) in [7, 11) is 0. The number of hydrogen-bond acceptors (Lipinski definition) is 7. The molecule has 0 bridgehead atoms. The fourth-order valence-corrected chi connectivity index (χ4v) is 5.48. The number of para-hydroxylation sites is 1. The predicted molar refractivity (Wildman–Crippen MR) is 154 cm³/mol. The summed E-state index contributed by atoms with van der Waals surface area (Å²) < 4.78 is 0. The summed E-state index contributed by atoms with van der Waals surface area (Å²) in [5, 5.41) is 8.39. The van der Waals surface area contributed by atoms with Gasteiger partial charge >= 0.3 is 0 Å². The normalized spacial score (nSPS) is 15.8. The van der Waals surface area contributed by atoms with Gasteiger partial charge in [-0.25, -0.2) is 9.88 Å². The minimum Gasteiger partial charge on any atom is -0.325 e. The van der Waals surface area contributed by atoms with Crippen molar-refractivity contribution >= 4 is 35.2 Å². The number of benzene rings is 3. The molecule has 202 valence electrons. The van der Waals surface area contributed by atoms with Crippen LogP contribution in [0.15, 0.2) is 96.3 Å². The largest absolute Gasteiger partial charge is 0.325 e. The quantitative estimate of drug-likeness (QED) is 0.211. The molecular weight excluding hydrogens is 522 g/mol. The summed E-state index contributed by atoms with van der Waals surface area (Å²) in [6.07, 6.45) is 2.06. The molecule has 0 spiro atoms. The smallest absolute Gasteiger partial charge is 0.257 e. The number of aromatic nitrogens is 3. The van der Waals surface area contributed by atoms with Crippen molar-refractivity contribution in [3.05, 3.63) is 102 Å². The molecule has 4 aromatic rings. The third-order valence-corrected chi connectivity index (χ3v) is 7.99. The van der Waals surface area contributed by atoms with Gasteiger partial charge in [0.25, 0.3) is 5.91 Å². The van der Waals surface area contributed by atoms with Gasteiger partial charge in [-0.1, -0.05) is 97.0 Å². The molecule has 2 atom stereocenters. The van der Waals surface area contributed by atoms with Crippen LogP contribution in [0.2, 0.25) is 0 Å². The lowest BCUT2D eigenvalue weighted by Crippen LogP contribution is -2.48. The zero-order chi connectivity index (χ0) is 28.1. The first-order chi connectivity index (χ1) is 19.4. The van der Waals surface area contributed by atoms with Gasteiger partial charge in [0.05, 0.1) is 23.6 Å². The maximum atomic E-state index is 14.0. The van der Waals surface area contributed by atoms with Gasteiger partial charge in [-0.3, -0.25) is 14.4 Å². The maximum Gasteiger partial charge on any atom is 0.257 e. The molecule has 40 heavy (non-hydrogen) atoms. The standard InChI is InChI=1S/C31H29N5O3S/c1-3-27(40-31-32-19-25(33-34-31)23-16-14-21(2)15-17-23)30(39)35(20-22-10-6-4-7-11-22)26-18-28(37)36(29(26)38)24-12-8-5-9-13-24/h4-17,19,26-27H,3,18,20H2,1-2H3. The minimum absolute atomic E-state index is 0.0727. The topological polar surface area (TPSA) is 96.4 Å². The molecule has 0 N–H and O–H groups in total. The van der Waals surface area contributed by atoms with Crippen LogP contribution in [-0.2, 0) is 20.9 Å². The number of rotatable bonds is 9. The lowest BCUT2D eigenvalue weighted by molar-refractivity contribution is -0.138. The molecule has 2 heterocycles. The fourth-order valence-electron chi connectivity index (χ4n) is 4.63. The molecule has 1 aromatic heterocycles. The first-order valence-corrected chi connectivity index (χ1v) is 14.0. The van der Waals surface area contributed by atoms with E-state index in [1.807, 2.05) is 74.5 Å². The summed E-state index contributed by atoms with van der Waals surface area (Å²) in [6.45, 7) is 4.13. The van der Waals surface area contributed by atoms with Crippen molar-refractivity contribution in [2.45, 2.75) is 49.7 Å². The highest BCUT2D eigenvalue weighted by atomic mass is 32.2. The van der Waals surface area contributed by atoms with Crippen molar-refractivity contribution in [3.8, 4) is 11.3 Å². The third kappa shape index (κ3) is 5.94. The molecule has 1 aliphatic rings. The van der Waals surface area contributed by atoms with Crippen LogP contribution in [0.25, 0.3) is 11.3 Å². The van der Waals surface area contributed by atoms with Crippen LogP contribution >= 0.6 is 11.8 Å². The van der Waals surface area contributed by atoms with E-state index in [9.17, 15) is 14.4 Å². The zero-order valence-corrected chi connectivity index (χ0v) is 23.1. The van der Waals surface area contributed by atoms with Crippen LogP contribution in [0.5, 0.6) is 0 Å². The summed E-state index contributed by atoms with van der Waals surface area (Å²) in [5.41, 5.74) is 4.07. The molecule has 9 heteroatoms. The highest BCUT2D eigenvalue weighted by molar-refractivity contribution is 8.00. The number of aryl methyl sites for hydroxylation is 1. The number of imide groups is 1. The number of carbonyl (C=O) groups is 3. The monoisotopic (exact) mass is 551 g/mol. The molecule has 5 rings (SSSR count). The second kappa shape index (κ2) is 12.2. The van der Waals surface area contributed by atoms with Gasteiger partial charge < -0.3 is 4.90 Å². The predicted octanol–water partition coefficient (Wildman–Crippen LogP) is 5.08. The average Bonchev–Trinajstić information content (AvgIpc) is 3.29. The van der Waals surface area contributed by atoms with Crippen molar-refractivity contribution in [1.82, 2.24) is 20.1 Å². The molecule has 8 nitrogen and oxygen atoms in total. The zero-order valence-electron chi connectivity index (χ0n) is 22.3. The Hall–Kier alpha value is -4.37. The lowest BCUT2D eigenvalue weighted by Gasteiger charge is -2.30. The molecule has 0 saturated carbocycles. The molecule has 0 radical (unpaired) electrons. The van der Waals surface area contributed by atoms with Crippen LogP contribution in [0.4, 0.5) is 5.69 Å². The van der Waals surface area contributed by atoms with Gasteiger partial charge in [0.1, 0.15) is 11.7 Å². The summed E-state index contributed by atoms with van der Waals surface area (Å²) >= 11 is 1.21. The lowest BCUT2D eigenvalue weighted by atomic mass is 10.1. The van der Waals surface area contributed by atoms with E-state index in [-0.39, 0.29) is 24.8 Å². The fraction of sp³-hybridized carbons (Fsp3) is 0.226. The van der Waals surface area contributed by atoms with Crippen LogP contribution < -0.4 is 4.90 Å². The highest BCUT2D eigenvalue weighted by Crippen LogP contribution is 2.30. The number of carbonyl (C=O) groups excluding carboxylic acids is 3. The van der Waals surface area contributed by atoms with Gasteiger partial charge in [0.15, 0.2) is 0 Å². The number of nitrogens with zero attached hydrogens (tertiary/aromatic N) is 5. The van der Waals surface area contributed by atoms with E-state index in [1.165, 1.54) is 21.6 Å². The van der Waals surface area contributed by atoms with Crippen LogP contribution in [0, 0.1) is 6.92 Å². The SMILES string of the molecule is CCC(Sc1ncc(-c2ccc(C)cc2)nn1)C(=O)N(Cc1ccccc1)C1CC(=O)N(c2ccccc2)C1=O. The minimum atomic E-state index is -0.905. The average molecular weight is 552 g/mol. The maximum absolute atomic E-state index is 14.0. The molecule has 0 aliphatic carbocycles. The number of amides is 3. The Morgan fingerprint density at radius 1 is 0.975 bits per heavy atom.